The van der Waals surface area contributed by atoms with Gasteiger partial charge in [0, 0.05) is 30.3 Å². The fourth-order valence-corrected chi connectivity index (χ4v) is 5.95. The Hall–Kier alpha value is -2.09. The Morgan fingerprint density at radius 1 is 1.00 bits per heavy atom. The summed E-state index contributed by atoms with van der Waals surface area (Å²) in [4.78, 5) is 15.3. The molecule has 8 heteroatoms. The highest BCUT2D eigenvalue weighted by Gasteiger charge is 2.51. The van der Waals surface area contributed by atoms with E-state index in [1.165, 1.54) is 11.4 Å². The molecule has 2 fully saturated rings. The van der Waals surface area contributed by atoms with Crippen molar-refractivity contribution in [1.29, 1.82) is 0 Å². The molecule has 6 nitrogen and oxygen atoms in total. The van der Waals surface area contributed by atoms with Gasteiger partial charge in [0.1, 0.15) is 5.75 Å². The Kier molecular flexibility index (Phi) is 5.31. The number of benzene rings is 2. The van der Waals surface area contributed by atoms with Gasteiger partial charge >= 0.3 is 0 Å². The highest BCUT2D eigenvalue weighted by molar-refractivity contribution is 7.89. The Bertz CT molecular complexity index is 1010. The first-order valence-electron chi connectivity index (χ1n) is 9.57. The highest BCUT2D eigenvalue weighted by Crippen LogP contribution is 2.43. The summed E-state index contributed by atoms with van der Waals surface area (Å²) in [6, 6.07) is 13.5. The number of nitrogens with zero attached hydrogens (tertiary/aromatic N) is 2. The molecule has 1 spiro atoms. The average molecular weight is 435 g/mol. The van der Waals surface area contributed by atoms with Crippen LogP contribution in [0, 0.1) is 5.41 Å². The predicted molar refractivity (Wildman–Crippen MR) is 112 cm³/mol. The highest BCUT2D eigenvalue weighted by atomic mass is 35.5. The summed E-state index contributed by atoms with van der Waals surface area (Å²) in [6.07, 6.45) is 2.00. The fourth-order valence-electron chi connectivity index (χ4n) is 4.26. The molecule has 154 valence electrons. The van der Waals surface area contributed by atoms with Crippen LogP contribution < -0.4 is 9.64 Å². The van der Waals surface area contributed by atoms with E-state index in [-0.39, 0.29) is 17.3 Å². The van der Waals surface area contributed by atoms with E-state index in [0.717, 1.165) is 5.69 Å². The van der Waals surface area contributed by atoms with E-state index in [0.29, 0.717) is 43.1 Å². The molecule has 0 aromatic heterocycles. The van der Waals surface area contributed by atoms with Crippen molar-refractivity contribution in [3.8, 4) is 5.75 Å². The van der Waals surface area contributed by atoms with Crippen LogP contribution in [0.25, 0.3) is 0 Å². The van der Waals surface area contributed by atoms with Crippen LogP contribution in [0.5, 0.6) is 5.75 Å². The second kappa shape index (κ2) is 7.63. The molecule has 2 aromatic carbocycles. The van der Waals surface area contributed by atoms with Crippen LogP contribution >= 0.6 is 11.6 Å². The Morgan fingerprint density at radius 2 is 1.69 bits per heavy atom. The number of anilines is 1. The van der Waals surface area contributed by atoms with Crippen molar-refractivity contribution in [2.75, 3.05) is 31.6 Å². The maximum absolute atomic E-state index is 13.3. The van der Waals surface area contributed by atoms with Gasteiger partial charge < -0.3 is 9.64 Å². The number of amides is 1. The van der Waals surface area contributed by atoms with Gasteiger partial charge in [-0.25, -0.2) is 8.42 Å². The van der Waals surface area contributed by atoms with Gasteiger partial charge in [-0.15, -0.1) is 0 Å². The van der Waals surface area contributed by atoms with Gasteiger partial charge in [0.15, 0.2) is 0 Å². The zero-order valence-corrected chi connectivity index (χ0v) is 17.7. The van der Waals surface area contributed by atoms with Crippen molar-refractivity contribution >= 4 is 33.2 Å². The molecule has 1 unspecified atom stereocenters. The van der Waals surface area contributed by atoms with Gasteiger partial charge in [0.05, 0.1) is 17.4 Å². The van der Waals surface area contributed by atoms with E-state index in [1.807, 2.05) is 12.1 Å². The minimum Gasteiger partial charge on any atom is -0.497 e. The van der Waals surface area contributed by atoms with Crippen molar-refractivity contribution in [1.82, 2.24) is 4.31 Å². The molecule has 4 rings (SSSR count). The molecule has 0 saturated carbocycles. The van der Waals surface area contributed by atoms with Crippen LogP contribution in [0.15, 0.2) is 53.4 Å². The predicted octanol–water partition coefficient (Wildman–Crippen LogP) is 3.56. The van der Waals surface area contributed by atoms with Crippen LogP contribution in [0.4, 0.5) is 5.69 Å². The molecule has 1 atom stereocenters. The lowest BCUT2D eigenvalue weighted by atomic mass is 9.79. The number of ether oxygens (including phenoxy) is 1. The molecule has 2 aliphatic heterocycles. The van der Waals surface area contributed by atoms with Gasteiger partial charge in [0.25, 0.3) is 0 Å². The molecule has 2 aliphatic rings. The minimum atomic E-state index is -3.67. The topological polar surface area (TPSA) is 66.9 Å². The summed E-state index contributed by atoms with van der Waals surface area (Å²) < 4.78 is 32.9. The average Bonchev–Trinajstić information content (AvgIpc) is 3.04. The number of carbonyl (C=O) groups is 1. The van der Waals surface area contributed by atoms with Crippen molar-refractivity contribution < 1.29 is 17.9 Å². The van der Waals surface area contributed by atoms with E-state index in [2.05, 4.69) is 0 Å². The van der Waals surface area contributed by atoms with Crippen molar-refractivity contribution in [3.63, 3.8) is 0 Å². The Labute approximate surface area is 176 Å². The van der Waals surface area contributed by atoms with Crippen LogP contribution in [0.3, 0.4) is 0 Å². The zero-order valence-electron chi connectivity index (χ0n) is 16.2. The first kappa shape index (κ1) is 20.2. The molecule has 2 aromatic rings. The number of hydrogen-bond acceptors (Lipinski definition) is 4. The largest absolute Gasteiger partial charge is 0.497 e. The van der Waals surface area contributed by atoms with Crippen LogP contribution in [-0.4, -0.2) is 45.4 Å². The fraction of sp³-hybridized carbons (Fsp3) is 0.381. The number of rotatable bonds is 4. The second-order valence-corrected chi connectivity index (χ2v) is 9.96. The van der Waals surface area contributed by atoms with Crippen LogP contribution in [-0.2, 0) is 14.8 Å². The summed E-state index contributed by atoms with van der Waals surface area (Å²) in [5.74, 6) is 0.595. The monoisotopic (exact) mass is 434 g/mol. The SMILES string of the molecule is COc1ccc(S(=O)(=O)N2CCCC3(CCN(c4ccc(Cl)cc4)C3=O)C2)cc1. The summed E-state index contributed by atoms with van der Waals surface area (Å²) in [5, 5.41) is 0.615. The quantitative estimate of drug-likeness (QED) is 0.738. The maximum Gasteiger partial charge on any atom is 0.243 e. The number of piperidine rings is 1. The molecule has 29 heavy (non-hydrogen) atoms. The normalized spacial score (nSPS) is 23.0. The standard InChI is InChI=1S/C21H23ClN2O4S/c1-28-18-7-9-19(10-8-18)29(26,27)23-13-2-11-21(15-23)12-14-24(20(21)25)17-5-3-16(22)4-6-17/h3-10H,2,11-15H2,1H3. The van der Waals surface area contributed by atoms with Gasteiger partial charge in [0.2, 0.25) is 15.9 Å². The number of carbonyl (C=O) groups excluding carboxylic acids is 1. The smallest absolute Gasteiger partial charge is 0.243 e. The third-order valence-corrected chi connectivity index (χ3v) is 8.00. The molecular formula is C21H23ClN2O4S. The summed E-state index contributed by atoms with van der Waals surface area (Å²) in [6.45, 7) is 1.21. The van der Waals surface area contributed by atoms with E-state index in [4.69, 9.17) is 16.3 Å². The summed E-state index contributed by atoms with van der Waals surface area (Å²) >= 11 is 5.96. The Morgan fingerprint density at radius 3 is 2.34 bits per heavy atom. The lowest BCUT2D eigenvalue weighted by Gasteiger charge is -2.38. The minimum absolute atomic E-state index is 0.00514. The van der Waals surface area contributed by atoms with E-state index >= 15 is 0 Å². The number of sulfonamides is 1. The van der Waals surface area contributed by atoms with Gasteiger partial charge in [-0.1, -0.05) is 11.6 Å². The number of methoxy groups -OCH3 is 1. The first-order valence-corrected chi connectivity index (χ1v) is 11.4. The summed E-state index contributed by atoms with van der Waals surface area (Å²) in [7, 11) is -2.13. The van der Waals surface area contributed by atoms with E-state index in [1.54, 1.807) is 41.3 Å². The summed E-state index contributed by atoms with van der Waals surface area (Å²) in [5.41, 5.74) is 0.128. The molecule has 2 saturated heterocycles. The van der Waals surface area contributed by atoms with Crippen molar-refractivity contribution in [3.05, 3.63) is 53.6 Å². The molecule has 0 bridgehead atoms. The molecule has 1 amide bonds. The maximum atomic E-state index is 13.3. The molecule has 2 heterocycles. The van der Waals surface area contributed by atoms with Crippen LogP contribution in [0.2, 0.25) is 5.02 Å². The van der Waals surface area contributed by atoms with Crippen molar-refractivity contribution in [2.45, 2.75) is 24.2 Å². The van der Waals surface area contributed by atoms with Crippen molar-refractivity contribution in [2.24, 2.45) is 5.41 Å². The van der Waals surface area contributed by atoms with Gasteiger partial charge in [-0.2, -0.15) is 4.31 Å². The van der Waals surface area contributed by atoms with E-state index in [9.17, 15) is 13.2 Å². The zero-order chi connectivity index (χ0) is 20.6. The lowest BCUT2D eigenvalue weighted by molar-refractivity contribution is -0.127. The molecule has 0 aliphatic carbocycles. The third-order valence-electron chi connectivity index (χ3n) is 5.89. The van der Waals surface area contributed by atoms with E-state index < -0.39 is 15.4 Å². The molecular weight excluding hydrogens is 412 g/mol. The van der Waals surface area contributed by atoms with Gasteiger partial charge in [-0.3, -0.25) is 4.79 Å². The lowest BCUT2D eigenvalue weighted by Crippen LogP contribution is -2.49. The van der Waals surface area contributed by atoms with Crippen LogP contribution in [0.1, 0.15) is 19.3 Å². The molecule has 0 radical (unpaired) electrons. The Balaban J connectivity index is 1.57. The first-order chi connectivity index (χ1) is 13.9. The number of halogens is 1. The third kappa shape index (κ3) is 3.63. The molecule has 0 N–H and O–H groups in total. The van der Waals surface area contributed by atoms with Gasteiger partial charge in [-0.05, 0) is 67.8 Å². The second-order valence-electron chi connectivity index (χ2n) is 7.58. The number of hydrogen-bond donors (Lipinski definition) is 0.